The number of aliphatic carboxylic acids is 1. The molecule has 0 unspecified atom stereocenters. The standard InChI is InChI=1S/C18H24N2O8/c1-2-27-16(23)9-14(17(24)25)20-15(22)8-13(21)10-19-18(26)28-11-12-6-4-3-5-7-12/h3-7,13-14,21H,2,8-11H2,1H3,(H,19,26)(H,20,22)(H,24,25)/t13-,14+/m0/s1. The summed E-state index contributed by atoms with van der Waals surface area (Å²) in [7, 11) is 0. The van der Waals surface area contributed by atoms with Crippen molar-refractivity contribution < 1.29 is 38.9 Å². The number of aliphatic hydroxyl groups excluding tert-OH is 1. The van der Waals surface area contributed by atoms with Gasteiger partial charge in [0.25, 0.3) is 0 Å². The van der Waals surface area contributed by atoms with Crippen molar-refractivity contribution in [2.75, 3.05) is 13.2 Å². The van der Waals surface area contributed by atoms with Crippen LogP contribution in [0.5, 0.6) is 0 Å². The van der Waals surface area contributed by atoms with Crippen molar-refractivity contribution in [1.29, 1.82) is 0 Å². The number of rotatable bonds is 11. The molecule has 0 bridgehead atoms. The Morgan fingerprint density at radius 3 is 2.36 bits per heavy atom. The number of alkyl carbamates (subject to hydrolysis) is 1. The lowest BCUT2D eigenvalue weighted by Crippen LogP contribution is -2.44. The number of amides is 2. The third-order valence-electron chi connectivity index (χ3n) is 3.43. The summed E-state index contributed by atoms with van der Waals surface area (Å²) >= 11 is 0. The number of hydrogen-bond donors (Lipinski definition) is 4. The number of carboxylic acids is 1. The van der Waals surface area contributed by atoms with E-state index >= 15 is 0 Å². The number of aliphatic hydroxyl groups is 1. The number of carbonyl (C=O) groups is 4. The van der Waals surface area contributed by atoms with Crippen LogP contribution in [-0.2, 0) is 30.5 Å². The molecule has 0 aliphatic heterocycles. The summed E-state index contributed by atoms with van der Waals surface area (Å²) in [5, 5.41) is 23.3. The molecule has 0 radical (unpaired) electrons. The first kappa shape index (κ1) is 22.9. The fourth-order valence-corrected chi connectivity index (χ4v) is 2.10. The van der Waals surface area contributed by atoms with Gasteiger partial charge in [-0.1, -0.05) is 30.3 Å². The highest BCUT2D eigenvalue weighted by atomic mass is 16.5. The molecular formula is C18H24N2O8. The molecule has 1 rings (SSSR count). The lowest BCUT2D eigenvalue weighted by molar-refractivity contribution is -0.150. The predicted molar refractivity (Wildman–Crippen MR) is 96.1 cm³/mol. The fourth-order valence-electron chi connectivity index (χ4n) is 2.10. The van der Waals surface area contributed by atoms with E-state index in [1.165, 1.54) is 0 Å². The molecule has 2 atom stereocenters. The molecule has 0 aliphatic carbocycles. The van der Waals surface area contributed by atoms with Gasteiger partial charge in [0, 0.05) is 6.54 Å². The molecule has 1 aromatic rings. The SMILES string of the molecule is CCOC(=O)C[C@@H](NC(=O)C[C@H](O)CNC(=O)OCc1ccccc1)C(=O)O. The Kier molecular flexibility index (Phi) is 10.0. The first-order valence-electron chi connectivity index (χ1n) is 8.62. The van der Waals surface area contributed by atoms with Crippen molar-refractivity contribution in [3.05, 3.63) is 35.9 Å². The van der Waals surface area contributed by atoms with E-state index in [0.29, 0.717) is 0 Å². The minimum Gasteiger partial charge on any atom is -0.480 e. The molecule has 2 amide bonds. The van der Waals surface area contributed by atoms with Gasteiger partial charge in [0.1, 0.15) is 12.6 Å². The number of benzene rings is 1. The molecule has 10 nitrogen and oxygen atoms in total. The average molecular weight is 396 g/mol. The van der Waals surface area contributed by atoms with Crippen LogP contribution in [-0.4, -0.2) is 59.4 Å². The molecule has 1 aromatic carbocycles. The summed E-state index contributed by atoms with van der Waals surface area (Å²) in [6.45, 7) is 1.44. The lowest BCUT2D eigenvalue weighted by Gasteiger charge is -2.16. The van der Waals surface area contributed by atoms with E-state index in [9.17, 15) is 24.3 Å². The van der Waals surface area contributed by atoms with E-state index < -0.39 is 48.9 Å². The van der Waals surface area contributed by atoms with Gasteiger partial charge in [0.05, 0.1) is 25.6 Å². The fraction of sp³-hybridized carbons (Fsp3) is 0.444. The van der Waals surface area contributed by atoms with Crippen molar-refractivity contribution in [3.63, 3.8) is 0 Å². The maximum atomic E-state index is 11.8. The second kappa shape index (κ2) is 12.3. The number of esters is 1. The molecule has 0 heterocycles. The summed E-state index contributed by atoms with van der Waals surface area (Å²) in [6.07, 6.45) is -3.03. The molecule has 0 saturated heterocycles. The Hall–Kier alpha value is -3.14. The number of carbonyl (C=O) groups excluding carboxylic acids is 3. The first-order chi connectivity index (χ1) is 13.3. The summed E-state index contributed by atoms with van der Waals surface area (Å²) in [4.78, 5) is 45.9. The second-order valence-electron chi connectivity index (χ2n) is 5.77. The predicted octanol–water partition coefficient (Wildman–Crippen LogP) is 0.186. The molecule has 0 saturated carbocycles. The summed E-state index contributed by atoms with van der Waals surface area (Å²) in [6, 6.07) is 7.51. The van der Waals surface area contributed by atoms with Gasteiger partial charge in [-0.05, 0) is 12.5 Å². The first-order valence-corrected chi connectivity index (χ1v) is 8.62. The molecule has 0 fully saturated rings. The minimum absolute atomic E-state index is 0.0530. The largest absolute Gasteiger partial charge is 0.480 e. The zero-order chi connectivity index (χ0) is 20.9. The quantitative estimate of drug-likeness (QED) is 0.387. The Bertz CT molecular complexity index is 665. The molecule has 0 aromatic heterocycles. The van der Waals surface area contributed by atoms with Crippen LogP contribution in [0.4, 0.5) is 4.79 Å². The maximum Gasteiger partial charge on any atom is 0.407 e. The smallest absolute Gasteiger partial charge is 0.407 e. The van der Waals surface area contributed by atoms with Crippen LogP contribution >= 0.6 is 0 Å². The minimum atomic E-state index is -1.47. The number of hydrogen-bond acceptors (Lipinski definition) is 7. The van der Waals surface area contributed by atoms with Crippen LogP contribution < -0.4 is 10.6 Å². The molecule has 154 valence electrons. The molecule has 4 N–H and O–H groups in total. The van der Waals surface area contributed by atoms with Gasteiger partial charge in [0.15, 0.2) is 0 Å². The summed E-state index contributed by atoms with van der Waals surface area (Å²) < 4.78 is 9.60. The Morgan fingerprint density at radius 2 is 1.75 bits per heavy atom. The summed E-state index contributed by atoms with van der Waals surface area (Å²) in [5.41, 5.74) is 0.791. The maximum absolute atomic E-state index is 11.8. The lowest BCUT2D eigenvalue weighted by atomic mass is 10.2. The van der Waals surface area contributed by atoms with Gasteiger partial charge in [0.2, 0.25) is 5.91 Å². The average Bonchev–Trinajstić information content (AvgIpc) is 2.65. The van der Waals surface area contributed by atoms with Crippen LogP contribution in [0, 0.1) is 0 Å². The summed E-state index contributed by atoms with van der Waals surface area (Å²) in [5.74, 6) is -2.96. The van der Waals surface area contributed by atoms with Crippen molar-refractivity contribution >= 4 is 23.9 Å². The van der Waals surface area contributed by atoms with E-state index in [0.717, 1.165) is 5.56 Å². The van der Waals surface area contributed by atoms with Gasteiger partial charge in [-0.25, -0.2) is 9.59 Å². The van der Waals surface area contributed by atoms with E-state index in [2.05, 4.69) is 15.4 Å². The molecule has 0 aliphatic rings. The second-order valence-corrected chi connectivity index (χ2v) is 5.77. The van der Waals surface area contributed by atoms with Gasteiger partial charge in [-0.3, -0.25) is 9.59 Å². The Balaban J connectivity index is 2.33. The van der Waals surface area contributed by atoms with Crippen LogP contribution in [0.1, 0.15) is 25.3 Å². The third-order valence-corrected chi connectivity index (χ3v) is 3.43. The topological polar surface area (TPSA) is 151 Å². The van der Waals surface area contributed by atoms with E-state index in [1.807, 2.05) is 6.07 Å². The van der Waals surface area contributed by atoms with Gasteiger partial charge in [-0.2, -0.15) is 0 Å². The van der Waals surface area contributed by atoms with Crippen LogP contribution in [0.3, 0.4) is 0 Å². The monoisotopic (exact) mass is 396 g/mol. The van der Waals surface area contributed by atoms with E-state index in [4.69, 9.17) is 9.84 Å². The molecule has 0 spiro atoms. The Morgan fingerprint density at radius 1 is 1.07 bits per heavy atom. The third kappa shape index (κ3) is 9.53. The van der Waals surface area contributed by atoms with Crippen LogP contribution in [0.15, 0.2) is 30.3 Å². The Labute approximate surface area is 161 Å². The highest BCUT2D eigenvalue weighted by Crippen LogP contribution is 2.01. The molecule has 10 heteroatoms. The van der Waals surface area contributed by atoms with Crippen molar-refractivity contribution in [1.82, 2.24) is 10.6 Å². The highest BCUT2D eigenvalue weighted by Gasteiger charge is 2.25. The zero-order valence-corrected chi connectivity index (χ0v) is 15.4. The van der Waals surface area contributed by atoms with Crippen LogP contribution in [0.25, 0.3) is 0 Å². The van der Waals surface area contributed by atoms with Crippen molar-refractivity contribution in [3.8, 4) is 0 Å². The molecule has 28 heavy (non-hydrogen) atoms. The number of carboxylic acid groups (broad SMARTS) is 1. The van der Waals surface area contributed by atoms with Crippen LogP contribution in [0.2, 0.25) is 0 Å². The van der Waals surface area contributed by atoms with Gasteiger partial charge < -0.3 is 30.3 Å². The molecular weight excluding hydrogens is 372 g/mol. The normalized spacial score (nSPS) is 12.4. The van der Waals surface area contributed by atoms with Gasteiger partial charge in [-0.15, -0.1) is 0 Å². The van der Waals surface area contributed by atoms with E-state index in [1.54, 1.807) is 31.2 Å². The number of nitrogens with one attached hydrogen (secondary N) is 2. The van der Waals surface area contributed by atoms with Gasteiger partial charge >= 0.3 is 18.0 Å². The van der Waals surface area contributed by atoms with Crippen molar-refractivity contribution in [2.24, 2.45) is 0 Å². The highest BCUT2D eigenvalue weighted by molar-refractivity contribution is 5.87. The zero-order valence-electron chi connectivity index (χ0n) is 15.4. The number of ether oxygens (including phenoxy) is 2. The van der Waals surface area contributed by atoms with Crippen molar-refractivity contribution in [2.45, 2.75) is 38.5 Å². The van der Waals surface area contributed by atoms with E-state index in [-0.39, 0.29) is 19.8 Å².